The average molecular weight is 312 g/mol. The van der Waals surface area contributed by atoms with Gasteiger partial charge < -0.3 is 25.7 Å². The molecule has 1 aromatic heterocycles. The number of hydrogen-bond donors (Lipinski definition) is 2. The van der Waals surface area contributed by atoms with Crippen LogP contribution >= 0.6 is 0 Å². The number of aromatic nitrogens is 2. The molecule has 0 aliphatic carbocycles. The van der Waals surface area contributed by atoms with Gasteiger partial charge in [-0.15, -0.1) is 0 Å². The molecule has 7 nitrogen and oxygen atoms in total. The summed E-state index contributed by atoms with van der Waals surface area (Å²) in [5.74, 6) is 2.05. The fourth-order valence-corrected chi connectivity index (χ4v) is 2.16. The number of nitrogens with zero attached hydrogens (tertiary/aromatic N) is 2. The summed E-state index contributed by atoms with van der Waals surface area (Å²) < 4.78 is 16.2. The van der Waals surface area contributed by atoms with E-state index in [-0.39, 0.29) is 0 Å². The molecule has 0 aliphatic heterocycles. The Kier molecular flexibility index (Phi) is 3.76. The number of nitrogen functional groups attached to an aromatic ring is 2. The Labute approximate surface area is 132 Å². The molecule has 3 rings (SSSR count). The van der Waals surface area contributed by atoms with Crippen LogP contribution in [0.4, 0.5) is 11.4 Å². The Balaban J connectivity index is 1.98. The molecule has 0 saturated heterocycles. The van der Waals surface area contributed by atoms with E-state index in [2.05, 4.69) is 9.97 Å². The molecule has 0 aliphatic rings. The van der Waals surface area contributed by atoms with E-state index in [1.807, 2.05) is 0 Å². The highest BCUT2D eigenvalue weighted by atomic mass is 16.5. The lowest BCUT2D eigenvalue weighted by Crippen LogP contribution is -1.97. The summed E-state index contributed by atoms with van der Waals surface area (Å²) in [6.45, 7) is 0. The monoisotopic (exact) mass is 312 g/mol. The number of fused-ring (bicyclic) bond motifs is 1. The van der Waals surface area contributed by atoms with Gasteiger partial charge in [-0.05, 0) is 12.1 Å². The zero-order valence-corrected chi connectivity index (χ0v) is 12.7. The molecular weight excluding hydrogens is 296 g/mol. The molecule has 0 atom stereocenters. The predicted molar refractivity (Wildman–Crippen MR) is 88.0 cm³/mol. The highest BCUT2D eigenvalue weighted by molar-refractivity contribution is 5.89. The SMILES string of the molecule is COc1cc(OC)cc(Oc2cnc3cc(N)cc(N)c3n2)c1. The number of nitrogens with two attached hydrogens (primary N) is 2. The molecule has 3 aromatic rings. The third kappa shape index (κ3) is 3.03. The Morgan fingerprint density at radius 2 is 1.52 bits per heavy atom. The molecule has 0 spiro atoms. The quantitative estimate of drug-likeness (QED) is 0.713. The van der Waals surface area contributed by atoms with Gasteiger partial charge in [-0.2, -0.15) is 0 Å². The third-order valence-corrected chi connectivity index (χ3v) is 3.23. The Morgan fingerprint density at radius 3 is 2.17 bits per heavy atom. The smallest absolute Gasteiger partial charge is 0.238 e. The Bertz CT molecular complexity index is 845. The van der Waals surface area contributed by atoms with Crippen molar-refractivity contribution in [3.8, 4) is 23.1 Å². The highest BCUT2D eigenvalue weighted by Gasteiger charge is 2.08. The van der Waals surface area contributed by atoms with Gasteiger partial charge in [-0.1, -0.05) is 0 Å². The standard InChI is InChI=1S/C16H16N4O3/c1-21-10-5-11(22-2)7-12(6-10)23-15-8-19-14-4-9(17)3-13(18)16(14)20-15/h3-8H,17-18H2,1-2H3. The average Bonchev–Trinajstić information content (AvgIpc) is 2.55. The summed E-state index contributed by atoms with van der Waals surface area (Å²) >= 11 is 0. The first-order valence-corrected chi connectivity index (χ1v) is 6.81. The molecule has 0 saturated carbocycles. The van der Waals surface area contributed by atoms with E-state index in [1.54, 1.807) is 44.6 Å². The summed E-state index contributed by atoms with van der Waals surface area (Å²) in [5.41, 5.74) is 13.8. The van der Waals surface area contributed by atoms with Gasteiger partial charge in [0.05, 0.1) is 31.6 Å². The Morgan fingerprint density at radius 1 is 0.870 bits per heavy atom. The van der Waals surface area contributed by atoms with Crippen LogP contribution in [0.5, 0.6) is 23.1 Å². The molecule has 0 amide bonds. The van der Waals surface area contributed by atoms with Crippen LogP contribution in [-0.4, -0.2) is 24.2 Å². The zero-order chi connectivity index (χ0) is 16.4. The van der Waals surface area contributed by atoms with E-state index >= 15 is 0 Å². The topological polar surface area (TPSA) is 106 Å². The molecule has 4 N–H and O–H groups in total. The van der Waals surface area contributed by atoms with Crippen molar-refractivity contribution in [1.29, 1.82) is 0 Å². The molecule has 0 radical (unpaired) electrons. The van der Waals surface area contributed by atoms with Crippen LogP contribution < -0.4 is 25.7 Å². The number of rotatable bonds is 4. The predicted octanol–water partition coefficient (Wildman–Crippen LogP) is 2.60. The van der Waals surface area contributed by atoms with Crippen molar-refractivity contribution >= 4 is 22.4 Å². The molecule has 0 bridgehead atoms. The van der Waals surface area contributed by atoms with Crippen LogP contribution in [-0.2, 0) is 0 Å². The van der Waals surface area contributed by atoms with Crippen molar-refractivity contribution in [3.63, 3.8) is 0 Å². The summed E-state index contributed by atoms with van der Waals surface area (Å²) in [5, 5.41) is 0. The Hall–Kier alpha value is -3.22. The first-order chi connectivity index (χ1) is 11.1. The summed E-state index contributed by atoms with van der Waals surface area (Å²) in [6, 6.07) is 8.54. The second kappa shape index (κ2) is 5.88. The maximum atomic E-state index is 5.93. The molecule has 0 fully saturated rings. The van der Waals surface area contributed by atoms with Gasteiger partial charge in [0, 0.05) is 23.9 Å². The van der Waals surface area contributed by atoms with Gasteiger partial charge in [0.2, 0.25) is 5.88 Å². The minimum absolute atomic E-state index is 0.310. The lowest BCUT2D eigenvalue weighted by Gasteiger charge is -2.10. The summed E-state index contributed by atoms with van der Waals surface area (Å²) in [7, 11) is 3.14. The van der Waals surface area contributed by atoms with E-state index in [1.165, 1.54) is 6.20 Å². The minimum Gasteiger partial charge on any atom is -0.496 e. The zero-order valence-electron chi connectivity index (χ0n) is 12.7. The van der Waals surface area contributed by atoms with Gasteiger partial charge in [0.1, 0.15) is 22.8 Å². The number of benzene rings is 2. The van der Waals surface area contributed by atoms with Gasteiger partial charge in [0.15, 0.2) is 0 Å². The number of ether oxygens (including phenoxy) is 3. The van der Waals surface area contributed by atoms with Crippen molar-refractivity contribution in [2.45, 2.75) is 0 Å². The van der Waals surface area contributed by atoms with Gasteiger partial charge in [0.25, 0.3) is 0 Å². The van der Waals surface area contributed by atoms with Gasteiger partial charge in [-0.25, -0.2) is 9.97 Å². The largest absolute Gasteiger partial charge is 0.496 e. The fourth-order valence-electron chi connectivity index (χ4n) is 2.16. The second-order valence-electron chi connectivity index (χ2n) is 4.84. The van der Waals surface area contributed by atoms with E-state index < -0.39 is 0 Å². The first kappa shape index (κ1) is 14.7. The van der Waals surface area contributed by atoms with Crippen LogP contribution in [0.15, 0.2) is 36.5 Å². The molecular formula is C16H16N4O3. The minimum atomic E-state index is 0.310. The van der Waals surface area contributed by atoms with Gasteiger partial charge >= 0.3 is 0 Å². The maximum absolute atomic E-state index is 5.93. The van der Waals surface area contributed by atoms with Gasteiger partial charge in [-0.3, -0.25) is 0 Å². The lowest BCUT2D eigenvalue weighted by atomic mass is 10.2. The molecule has 0 unspecified atom stereocenters. The normalized spacial score (nSPS) is 10.5. The molecule has 2 aromatic carbocycles. The molecule has 118 valence electrons. The van der Waals surface area contributed by atoms with E-state index in [9.17, 15) is 0 Å². The summed E-state index contributed by atoms with van der Waals surface area (Å²) in [6.07, 6.45) is 1.51. The second-order valence-corrected chi connectivity index (χ2v) is 4.84. The van der Waals surface area contributed by atoms with Crippen LogP contribution in [0.2, 0.25) is 0 Å². The van der Waals surface area contributed by atoms with Crippen molar-refractivity contribution < 1.29 is 14.2 Å². The summed E-state index contributed by atoms with van der Waals surface area (Å²) in [4.78, 5) is 8.65. The molecule has 7 heteroatoms. The number of anilines is 2. The van der Waals surface area contributed by atoms with Crippen molar-refractivity contribution in [2.24, 2.45) is 0 Å². The third-order valence-electron chi connectivity index (χ3n) is 3.23. The van der Waals surface area contributed by atoms with E-state index in [0.29, 0.717) is 45.5 Å². The molecule has 23 heavy (non-hydrogen) atoms. The maximum Gasteiger partial charge on any atom is 0.238 e. The lowest BCUT2D eigenvalue weighted by molar-refractivity contribution is 0.385. The number of hydrogen-bond acceptors (Lipinski definition) is 7. The van der Waals surface area contributed by atoms with Crippen molar-refractivity contribution in [2.75, 3.05) is 25.7 Å². The number of methoxy groups -OCH3 is 2. The van der Waals surface area contributed by atoms with Crippen molar-refractivity contribution in [3.05, 3.63) is 36.5 Å². The van der Waals surface area contributed by atoms with Crippen LogP contribution in [0.3, 0.4) is 0 Å². The van der Waals surface area contributed by atoms with Crippen LogP contribution in [0.25, 0.3) is 11.0 Å². The first-order valence-electron chi connectivity index (χ1n) is 6.81. The van der Waals surface area contributed by atoms with Crippen molar-refractivity contribution in [1.82, 2.24) is 9.97 Å². The van der Waals surface area contributed by atoms with Crippen LogP contribution in [0, 0.1) is 0 Å². The van der Waals surface area contributed by atoms with E-state index in [0.717, 1.165) is 0 Å². The van der Waals surface area contributed by atoms with Crippen LogP contribution in [0.1, 0.15) is 0 Å². The van der Waals surface area contributed by atoms with E-state index in [4.69, 9.17) is 25.7 Å². The highest BCUT2D eigenvalue weighted by Crippen LogP contribution is 2.31. The fraction of sp³-hybridized carbons (Fsp3) is 0.125. The molecule has 1 heterocycles.